The molecule has 0 aliphatic carbocycles. The lowest BCUT2D eigenvalue weighted by molar-refractivity contribution is -1.20. The second-order valence-corrected chi connectivity index (χ2v) is 10.6. The Balaban J connectivity index is 0.000000273. The van der Waals surface area contributed by atoms with E-state index < -0.39 is 28.6 Å². The molecule has 1 unspecified atom stereocenters. The molecule has 0 aromatic heterocycles. The molecule has 0 aromatic carbocycles. The molecule has 26 heavy (non-hydrogen) atoms. The van der Waals surface area contributed by atoms with E-state index in [1.807, 2.05) is 27.7 Å². The van der Waals surface area contributed by atoms with Crippen molar-refractivity contribution < 1.29 is 25.3 Å². The van der Waals surface area contributed by atoms with Crippen LogP contribution >= 0.6 is 0 Å². The molecular weight excluding hydrogens is 332 g/mol. The van der Waals surface area contributed by atoms with Crippen molar-refractivity contribution in [3.8, 4) is 0 Å². The minimum absolute atomic E-state index is 0.0399. The fraction of sp³-hybridized carbons (Fsp3) is 1.00. The molecule has 0 radical (unpaired) electrons. The van der Waals surface area contributed by atoms with Crippen molar-refractivity contribution in [1.82, 2.24) is 5.06 Å². The van der Waals surface area contributed by atoms with E-state index in [2.05, 4.69) is 27.7 Å². The molecule has 0 spiro atoms. The molecule has 0 aromatic rings. The van der Waals surface area contributed by atoms with Crippen LogP contribution in [-0.2, 0) is 0 Å². The topological polar surface area (TPSA) is 84.2 Å². The number of hydrogen-bond donors (Lipinski definition) is 4. The van der Waals surface area contributed by atoms with Gasteiger partial charge >= 0.3 is 0 Å². The number of likely N-dealkylation sites (tertiary alicyclic amines) is 1. The summed E-state index contributed by atoms with van der Waals surface area (Å²) in [4.78, 5) is 0. The lowest BCUT2D eigenvalue weighted by Crippen LogP contribution is -2.76. The SMILES string of the molecule is CC1(C)CCCC(C)(C)N1O.CC1(C)CCCC(C)(C)[N+]1(O)C(O)CO. The van der Waals surface area contributed by atoms with Crippen molar-refractivity contribution in [3.05, 3.63) is 0 Å². The fourth-order valence-electron chi connectivity index (χ4n) is 5.02. The molecule has 2 heterocycles. The highest BCUT2D eigenvalue weighted by Gasteiger charge is 2.60. The Morgan fingerprint density at radius 2 is 1.15 bits per heavy atom. The van der Waals surface area contributed by atoms with Crippen LogP contribution in [-0.4, -0.2) is 65.3 Å². The first kappa shape index (κ1) is 23.8. The second-order valence-electron chi connectivity index (χ2n) is 10.6. The first-order chi connectivity index (χ1) is 11.6. The molecule has 1 atom stereocenters. The third kappa shape index (κ3) is 4.26. The van der Waals surface area contributed by atoms with Crippen molar-refractivity contribution in [2.45, 2.75) is 122 Å². The maximum atomic E-state index is 10.7. The molecule has 6 nitrogen and oxygen atoms in total. The lowest BCUT2D eigenvalue weighted by Gasteiger charge is -2.57. The number of piperidine rings is 2. The molecule has 2 rings (SSSR count). The van der Waals surface area contributed by atoms with Crippen LogP contribution in [0.1, 0.15) is 93.9 Å². The van der Waals surface area contributed by atoms with Crippen molar-refractivity contribution in [1.29, 1.82) is 0 Å². The quantitative estimate of drug-likeness (QED) is 0.554. The number of nitrogens with zero attached hydrogens (tertiary/aromatic N) is 2. The molecule has 2 fully saturated rings. The Labute approximate surface area is 159 Å². The molecule has 2 aliphatic heterocycles. The zero-order valence-corrected chi connectivity index (χ0v) is 18.2. The third-order valence-corrected chi connectivity index (χ3v) is 6.74. The lowest BCUT2D eigenvalue weighted by atomic mass is 9.78. The van der Waals surface area contributed by atoms with Gasteiger partial charge in [-0.2, -0.15) is 5.06 Å². The van der Waals surface area contributed by atoms with Crippen molar-refractivity contribution in [3.63, 3.8) is 0 Å². The predicted octanol–water partition coefficient (Wildman–Crippen LogP) is 3.66. The zero-order chi connectivity index (χ0) is 20.6. The van der Waals surface area contributed by atoms with Gasteiger partial charge in [0.15, 0.2) is 0 Å². The Bertz CT molecular complexity index is 442. The monoisotopic (exact) mass is 375 g/mol. The van der Waals surface area contributed by atoms with Crippen LogP contribution in [0.25, 0.3) is 0 Å². The summed E-state index contributed by atoms with van der Waals surface area (Å²) in [6.45, 7) is 15.7. The number of aliphatic hydroxyl groups is 2. The van der Waals surface area contributed by atoms with Gasteiger partial charge in [0, 0.05) is 23.9 Å². The largest absolute Gasteiger partial charge is 0.387 e. The molecule has 6 heteroatoms. The first-order valence-corrected chi connectivity index (χ1v) is 9.95. The van der Waals surface area contributed by atoms with Crippen LogP contribution in [0.3, 0.4) is 0 Å². The molecule has 0 saturated carbocycles. The van der Waals surface area contributed by atoms with Crippen LogP contribution in [0.15, 0.2) is 0 Å². The van der Waals surface area contributed by atoms with Crippen LogP contribution in [0.5, 0.6) is 0 Å². The molecule has 0 amide bonds. The van der Waals surface area contributed by atoms with Gasteiger partial charge in [-0.05, 0) is 81.1 Å². The summed E-state index contributed by atoms with van der Waals surface area (Å²) in [7, 11) is 0. The smallest absolute Gasteiger partial charge is 0.245 e. The highest BCUT2D eigenvalue weighted by atomic mass is 16.6. The van der Waals surface area contributed by atoms with E-state index in [0.717, 1.165) is 32.1 Å². The summed E-state index contributed by atoms with van der Waals surface area (Å²) in [5.74, 6) is 0. The normalized spacial score (nSPS) is 30.0. The van der Waals surface area contributed by atoms with Gasteiger partial charge < -0.3 is 15.4 Å². The number of quaternary nitrogens is 1. The molecule has 2 aliphatic rings. The van der Waals surface area contributed by atoms with E-state index in [1.54, 1.807) is 0 Å². The molecule has 4 N–H and O–H groups in total. The standard InChI is InChI=1S/C11H24NO3.C9H19NO/c1-10(2)6-5-7-11(3,4)12(10,15)9(14)8-13;1-8(2)6-5-7-9(3,4)10(8)11/h9,13-15H,5-8H2,1-4H3;11H,5-7H2,1-4H3/q+1;. The van der Waals surface area contributed by atoms with Crippen LogP contribution < -0.4 is 0 Å². The van der Waals surface area contributed by atoms with E-state index in [4.69, 9.17) is 5.11 Å². The number of rotatable bonds is 2. The number of hydroxylamine groups is 5. The van der Waals surface area contributed by atoms with Gasteiger partial charge in [0.05, 0.1) is 0 Å². The van der Waals surface area contributed by atoms with Crippen molar-refractivity contribution >= 4 is 0 Å². The van der Waals surface area contributed by atoms with Gasteiger partial charge in [0.25, 0.3) is 0 Å². The first-order valence-electron chi connectivity index (χ1n) is 9.95. The van der Waals surface area contributed by atoms with Gasteiger partial charge in [-0.15, -0.1) is 4.65 Å². The Morgan fingerprint density at radius 1 is 0.808 bits per heavy atom. The van der Waals surface area contributed by atoms with Crippen molar-refractivity contribution in [2.24, 2.45) is 0 Å². The van der Waals surface area contributed by atoms with Gasteiger partial charge in [-0.3, -0.25) is 0 Å². The zero-order valence-electron chi connectivity index (χ0n) is 18.2. The summed E-state index contributed by atoms with van der Waals surface area (Å²) < 4.78 is -0.462. The summed E-state index contributed by atoms with van der Waals surface area (Å²) >= 11 is 0. The van der Waals surface area contributed by atoms with Crippen LogP contribution in [0, 0.1) is 0 Å². The fourth-order valence-corrected chi connectivity index (χ4v) is 5.02. The summed E-state index contributed by atoms with van der Waals surface area (Å²) in [6.07, 6.45) is 5.01. The van der Waals surface area contributed by atoms with Crippen molar-refractivity contribution in [2.75, 3.05) is 6.61 Å². The molecule has 2 saturated heterocycles. The minimum atomic E-state index is -1.13. The predicted molar refractivity (Wildman–Crippen MR) is 103 cm³/mol. The van der Waals surface area contributed by atoms with Gasteiger partial charge in [0.1, 0.15) is 17.7 Å². The Hall–Kier alpha value is -0.240. The molecular formula is C20H43N2O4+. The maximum absolute atomic E-state index is 10.7. The summed E-state index contributed by atoms with van der Waals surface area (Å²) in [6, 6.07) is 0. The van der Waals surface area contributed by atoms with E-state index in [9.17, 15) is 15.5 Å². The Kier molecular flexibility index (Phi) is 7.00. The second kappa shape index (κ2) is 7.64. The third-order valence-electron chi connectivity index (χ3n) is 6.74. The average Bonchev–Trinajstić information content (AvgIpc) is 2.49. The van der Waals surface area contributed by atoms with Crippen LogP contribution in [0.2, 0.25) is 0 Å². The highest BCUT2D eigenvalue weighted by Crippen LogP contribution is 2.45. The maximum Gasteiger partial charge on any atom is 0.245 e. The molecule has 156 valence electrons. The highest BCUT2D eigenvalue weighted by molar-refractivity contribution is 4.91. The summed E-state index contributed by atoms with van der Waals surface area (Å²) in [5.41, 5.74) is -0.933. The van der Waals surface area contributed by atoms with E-state index >= 15 is 0 Å². The average molecular weight is 376 g/mol. The van der Waals surface area contributed by atoms with E-state index in [-0.39, 0.29) is 11.1 Å². The van der Waals surface area contributed by atoms with Gasteiger partial charge in [-0.1, -0.05) is 0 Å². The minimum Gasteiger partial charge on any atom is -0.387 e. The van der Waals surface area contributed by atoms with Gasteiger partial charge in [-0.25, -0.2) is 5.21 Å². The molecule has 0 bridgehead atoms. The van der Waals surface area contributed by atoms with Crippen LogP contribution in [0.4, 0.5) is 0 Å². The number of hydrogen-bond acceptors (Lipinski definition) is 5. The van der Waals surface area contributed by atoms with Gasteiger partial charge in [0.2, 0.25) is 6.23 Å². The van der Waals surface area contributed by atoms with E-state index in [0.29, 0.717) is 0 Å². The Morgan fingerprint density at radius 3 is 1.46 bits per heavy atom. The van der Waals surface area contributed by atoms with E-state index in [1.165, 1.54) is 11.5 Å². The number of aliphatic hydroxyl groups excluding tert-OH is 2. The summed E-state index contributed by atoms with van der Waals surface area (Å²) in [5, 5.41) is 41.0.